The zero-order valence-corrected chi connectivity index (χ0v) is 8.62. The van der Waals surface area contributed by atoms with Crippen LogP contribution in [0.5, 0.6) is 5.75 Å². The minimum atomic E-state index is -0.583. The molecule has 3 heteroatoms. The van der Waals surface area contributed by atoms with Crippen LogP contribution in [0.1, 0.15) is 24.5 Å². The second-order valence-corrected chi connectivity index (χ2v) is 3.89. The fourth-order valence-electron chi connectivity index (χ4n) is 1.34. The van der Waals surface area contributed by atoms with Crippen molar-refractivity contribution < 1.29 is 10.2 Å². The fraction of sp³-hybridized carbons (Fsp3) is 0.455. The van der Waals surface area contributed by atoms with Crippen molar-refractivity contribution in [2.75, 3.05) is 6.61 Å². The number of aromatic hydroxyl groups is 1. The van der Waals surface area contributed by atoms with Crippen LogP contribution in [-0.2, 0) is 5.54 Å². The molecule has 1 aromatic rings. The van der Waals surface area contributed by atoms with Crippen molar-refractivity contribution in [2.45, 2.75) is 25.8 Å². The summed E-state index contributed by atoms with van der Waals surface area (Å²) in [5.74, 6) is 0.247. The Bertz CT molecular complexity index is 321. The van der Waals surface area contributed by atoms with E-state index < -0.39 is 5.54 Å². The Morgan fingerprint density at radius 1 is 1.43 bits per heavy atom. The third kappa shape index (κ3) is 2.25. The highest BCUT2D eigenvalue weighted by molar-refractivity contribution is 5.38. The number of hydrogen-bond acceptors (Lipinski definition) is 3. The van der Waals surface area contributed by atoms with Gasteiger partial charge in [0.15, 0.2) is 0 Å². The first kappa shape index (κ1) is 11.0. The number of benzene rings is 1. The molecule has 0 saturated heterocycles. The molecule has 0 heterocycles. The van der Waals surface area contributed by atoms with Crippen LogP contribution in [0.3, 0.4) is 0 Å². The van der Waals surface area contributed by atoms with Crippen LogP contribution < -0.4 is 5.73 Å². The standard InChI is InChI=1S/C11H17NO2/c1-8-3-4-9(7-10(8)14)11(2,12)5-6-13/h3-4,7,13-14H,5-6,12H2,1-2H3/t11-/m0/s1. The molecule has 78 valence electrons. The van der Waals surface area contributed by atoms with Gasteiger partial charge in [0.25, 0.3) is 0 Å². The van der Waals surface area contributed by atoms with Crippen LogP contribution in [-0.4, -0.2) is 16.8 Å². The summed E-state index contributed by atoms with van der Waals surface area (Å²) in [6.45, 7) is 3.72. The molecule has 3 nitrogen and oxygen atoms in total. The molecule has 0 unspecified atom stereocenters. The summed E-state index contributed by atoms with van der Waals surface area (Å²) in [5, 5.41) is 18.4. The monoisotopic (exact) mass is 195 g/mol. The van der Waals surface area contributed by atoms with E-state index in [0.29, 0.717) is 6.42 Å². The lowest BCUT2D eigenvalue weighted by atomic mass is 9.89. The van der Waals surface area contributed by atoms with E-state index in [0.717, 1.165) is 11.1 Å². The van der Waals surface area contributed by atoms with Crippen molar-refractivity contribution in [3.63, 3.8) is 0 Å². The Morgan fingerprint density at radius 3 is 2.57 bits per heavy atom. The number of phenols is 1. The number of aliphatic hydroxyl groups excluding tert-OH is 1. The van der Waals surface area contributed by atoms with E-state index in [4.69, 9.17) is 10.8 Å². The Morgan fingerprint density at radius 2 is 2.07 bits per heavy atom. The molecule has 0 aromatic heterocycles. The predicted molar refractivity (Wildman–Crippen MR) is 56.1 cm³/mol. The lowest BCUT2D eigenvalue weighted by molar-refractivity contribution is 0.247. The highest BCUT2D eigenvalue weighted by atomic mass is 16.3. The van der Waals surface area contributed by atoms with E-state index in [1.54, 1.807) is 6.07 Å². The highest BCUT2D eigenvalue weighted by Gasteiger charge is 2.20. The molecule has 0 fully saturated rings. The van der Waals surface area contributed by atoms with Crippen LogP contribution in [0.2, 0.25) is 0 Å². The van der Waals surface area contributed by atoms with Gasteiger partial charge in [-0.1, -0.05) is 12.1 Å². The van der Waals surface area contributed by atoms with Crippen LogP contribution in [0.4, 0.5) is 0 Å². The van der Waals surface area contributed by atoms with Gasteiger partial charge in [-0.15, -0.1) is 0 Å². The molecule has 4 N–H and O–H groups in total. The smallest absolute Gasteiger partial charge is 0.118 e. The SMILES string of the molecule is Cc1ccc([C@@](C)(N)CCO)cc1O. The van der Waals surface area contributed by atoms with Crippen LogP contribution in [0.15, 0.2) is 18.2 Å². The van der Waals surface area contributed by atoms with Crippen molar-refractivity contribution in [3.05, 3.63) is 29.3 Å². The molecule has 1 aromatic carbocycles. The van der Waals surface area contributed by atoms with Crippen LogP contribution in [0, 0.1) is 6.92 Å². The van der Waals surface area contributed by atoms with Gasteiger partial charge in [-0.05, 0) is 37.5 Å². The summed E-state index contributed by atoms with van der Waals surface area (Å²) in [6.07, 6.45) is 0.482. The zero-order valence-electron chi connectivity index (χ0n) is 8.62. The Labute approximate surface area is 84.2 Å². The second-order valence-electron chi connectivity index (χ2n) is 3.89. The number of nitrogens with two attached hydrogens (primary N) is 1. The second kappa shape index (κ2) is 3.98. The first-order chi connectivity index (χ1) is 6.47. The Hall–Kier alpha value is -1.06. The molecule has 0 spiro atoms. The molecule has 0 aliphatic rings. The van der Waals surface area contributed by atoms with Gasteiger partial charge in [-0.25, -0.2) is 0 Å². The molecule has 0 amide bonds. The summed E-state index contributed by atoms with van der Waals surface area (Å²) in [5.41, 5.74) is 7.08. The van der Waals surface area contributed by atoms with E-state index in [1.165, 1.54) is 0 Å². The summed E-state index contributed by atoms with van der Waals surface area (Å²) < 4.78 is 0. The van der Waals surface area contributed by atoms with Gasteiger partial charge in [0, 0.05) is 12.1 Å². The molecule has 0 aliphatic carbocycles. The quantitative estimate of drug-likeness (QED) is 0.680. The maximum Gasteiger partial charge on any atom is 0.118 e. The fourth-order valence-corrected chi connectivity index (χ4v) is 1.34. The lowest BCUT2D eigenvalue weighted by Crippen LogP contribution is -2.33. The van der Waals surface area contributed by atoms with Crippen molar-refractivity contribution >= 4 is 0 Å². The van der Waals surface area contributed by atoms with E-state index in [2.05, 4.69) is 0 Å². The third-order valence-corrected chi connectivity index (χ3v) is 2.50. The Kier molecular flexibility index (Phi) is 3.13. The molecule has 1 atom stereocenters. The average molecular weight is 195 g/mol. The van der Waals surface area contributed by atoms with E-state index in [-0.39, 0.29) is 12.4 Å². The summed E-state index contributed by atoms with van der Waals surface area (Å²) >= 11 is 0. The van der Waals surface area contributed by atoms with Crippen molar-refractivity contribution in [1.29, 1.82) is 0 Å². The number of aliphatic hydroxyl groups is 1. The van der Waals surface area contributed by atoms with Gasteiger partial charge in [0.05, 0.1) is 0 Å². The molecule has 0 bridgehead atoms. The molecule has 1 rings (SSSR count). The topological polar surface area (TPSA) is 66.5 Å². The maximum absolute atomic E-state index is 9.51. The minimum absolute atomic E-state index is 0.0433. The van der Waals surface area contributed by atoms with Gasteiger partial charge in [-0.2, -0.15) is 0 Å². The Balaban J connectivity index is 3.01. The normalized spacial score (nSPS) is 15.1. The predicted octanol–water partition coefficient (Wildman–Crippen LogP) is 1.26. The summed E-state index contributed by atoms with van der Waals surface area (Å²) in [7, 11) is 0. The molecule has 14 heavy (non-hydrogen) atoms. The number of rotatable bonds is 3. The van der Waals surface area contributed by atoms with E-state index in [9.17, 15) is 5.11 Å². The van der Waals surface area contributed by atoms with Gasteiger partial charge in [0.2, 0.25) is 0 Å². The summed E-state index contributed by atoms with van der Waals surface area (Å²) in [6, 6.07) is 5.36. The average Bonchev–Trinajstić information content (AvgIpc) is 2.09. The van der Waals surface area contributed by atoms with Crippen molar-refractivity contribution in [2.24, 2.45) is 5.73 Å². The van der Waals surface area contributed by atoms with Crippen molar-refractivity contribution in [3.8, 4) is 5.75 Å². The number of aryl methyl sites for hydroxylation is 1. The highest BCUT2D eigenvalue weighted by Crippen LogP contribution is 2.26. The van der Waals surface area contributed by atoms with Crippen molar-refractivity contribution in [1.82, 2.24) is 0 Å². The van der Waals surface area contributed by atoms with Crippen LogP contribution >= 0.6 is 0 Å². The first-order valence-corrected chi connectivity index (χ1v) is 4.67. The molecule has 0 aliphatic heterocycles. The van der Waals surface area contributed by atoms with E-state index >= 15 is 0 Å². The van der Waals surface area contributed by atoms with Gasteiger partial charge < -0.3 is 15.9 Å². The number of phenolic OH excluding ortho intramolecular Hbond substituents is 1. The van der Waals surface area contributed by atoms with Gasteiger partial charge in [-0.3, -0.25) is 0 Å². The van der Waals surface area contributed by atoms with Gasteiger partial charge >= 0.3 is 0 Å². The van der Waals surface area contributed by atoms with Gasteiger partial charge in [0.1, 0.15) is 5.75 Å². The molecular weight excluding hydrogens is 178 g/mol. The largest absolute Gasteiger partial charge is 0.508 e. The first-order valence-electron chi connectivity index (χ1n) is 4.67. The van der Waals surface area contributed by atoms with E-state index in [1.807, 2.05) is 26.0 Å². The minimum Gasteiger partial charge on any atom is -0.508 e. The zero-order chi connectivity index (χ0) is 10.8. The molecular formula is C11H17NO2. The number of hydrogen-bond donors (Lipinski definition) is 3. The third-order valence-electron chi connectivity index (χ3n) is 2.50. The summed E-state index contributed by atoms with van der Waals surface area (Å²) in [4.78, 5) is 0. The maximum atomic E-state index is 9.51. The molecule has 0 saturated carbocycles. The lowest BCUT2D eigenvalue weighted by Gasteiger charge is -2.24. The van der Waals surface area contributed by atoms with Crippen LogP contribution in [0.25, 0.3) is 0 Å². The molecule has 0 radical (unpaired) electrons.